The van der Waals surface area contributed by atoms with E-state index in [1.807, 2.05) is 24.3 Å². The molecular weight excluding hydrogens is 432 g/mol. The third-order valence-corrected chi connectivity index (χ3v) is 4.27. The van der Waals surface area contributed by atoms with Gasteiger partial charge in [0.05, 0.1) is 26.9 Å². The summed E-state index contributed by atoms with van der Waals surface area (Å²) < 4.78 is 27.0. The van der Waals surface area contributed by atoms with E-state index in [4.69, 9.17) is 23.5 Å². The number of nitrogens with zero attached hydrogens (tertiary/aromatic N) is 2. The summed E-state index contributed by atoms with van der Waals surface area (Å²) in [5, 5.41) is 3.90. The van der Waals surface area contributed by atoms with Gasteiger partial charge in [0.25, 0.3) is 5.89 Å². The largest absolute Gasteiger partial charge is 0.493 e. The van der Waals surface area contributed by atoms with E-state index in [9.17, 15) is 4.79 Å². The lowest BCUT2D eigenvalue weighted by Gasteiger charge is -2.13. The third-order valence-electron chi connectivity index (χ3n) is 3.78. The number of halogens is 1. The Hall–Kier alpha value is -3.07. The highest BCUT2D eigenvalue weighted by Gasteiger charge is 2.19. The van der Waals surface area contributed by atoms with Crippen LogP contribution in [0.3, 0.4) is 0 Å². The van der Waals surface area contributed by atoms with E-state index in [0.29, 0.717) is 23.1 Å². The van der Waals surface area contributed by atoms with Crippen molar-refractivity contribution < 1.29 is 28.3 Å². The predicted molar refractivity (Wildman–Crippen MR) is 103 cm³/mol. The van der Waals surface area contributed by atoms with Crippen LogP contribution in [-0.2, 0) is 11.3 Å². The van der Waals surface area contributed by atoms with Gasteiger partial charge in [0, 0.05) is 10.0 Å². The Morgan fingerprint density at radius 2 is 1.79 bits per heavy atom. The zero-order valence-corrected chi connectivity index (χ0v) is 17.0. The van der Waals surface area contributed by atoms with Crippen LogP contribution in [0.5, 0.6) is 17.2 Å². The van der Waals surface area contributed by atoms with Crippen molar-refractivity contribution in [2.45, 2.75) is 6.61 Å². The topological polar surface area (TPSA) is 92.9 Å². The molecule has 3 aromatic rings. The van der Waals surface area contributed by atoms with Crippen LogP contribution in [0.1, 0.15) is 16.2 Å². The first-order chi connectivity index (χ1) is 13.5. The van der Waals surface area contributed by atoms with E-state index >= 15 is 0 Å². The van der Waals surface area contributed by atoms with Crippen molar-refractivity contribution in [2.24, 2.45) is 0 Å². The summed E-state index contributed by atoms with van der Waals surface area (Å²) in [7, 11) is 4.42. The fraction of sp³-hybridized carbons (Fsp3) is 0.211. The average Bonchev–Trinajstić information content (AvgIpc) is 3.19. The Morgan fingerprint density at radius 1 is 1.07 bits per heavy atom. The van der Waals surface area contributed by atoms with Crippen LogP contribution in [0, 0.1) is 0 Å². The molecule has 3 rings (SSSR count). The summed E-state index contributed by atoms with van der Waals surface area (Å²) in [5.74, 6) is 1.07. The minimum Gasteiger partial charge on any atom is -0.493 e. The molecule has 0 fully saturated rings. The second kappa shape index (κ2) is 8.75. The molecule has 8 nitrogen and oxygen atoms in total. The normalized spacial score (nSPS) is 10.4. The van der Waals surface area contributed by atoms with E-state index in [2.05, 4.69) is 26.1 Å². The van der Waals surface area contributed by atoms with Gasteiger partial charge in [-0.1, -0.05) is 33.2 Å². The minimum atomic E-state index is -0.596. The Kier molecular flexibility index (Phi) is 6.15. The van der Waals surface area contributed by atoms with Gasteiger partial charge in [-0.3, -0.25) is 0 Å². The minimum absolute atomic E-state index is 0.170. The van der Waals surface area contributed by atoms with Crippen molar-refractivity contribution in [3.63, 3.8) is 0 Å². The lowest BCUT2D eigenvalue weighted by Crippen LogP contribution is -2.07. The van der Waals surface area contributed by atoms with E-state index in [-0.39, 0.29) is 18.1 Å². The van der Waals surface area contributed by atoms with Crippen molar-refractivity contribution in [3.8, 4) is 28.6 Å². The SMILES string of the molecule is COc1cc(C(=O)OCc2nc(-c3cccc(Br)c3)no2)cc(OC)c1OC. The molecule has 0 saturated heterocycles. The quantitative estimate of drug-likeness (QED) is 0.502. The maximum absolute atomic E-state index is 12.4. The molecule has 0 spiro atoms. The predicted octanol–water partition coefficient (Wildman–Crippen LogP) is 3.88. The van der Waals surface area contributed by atoms with Gasteiger partial charge in [-0.15, -0.1) is 0 Å². The molecule has 0 radical (unpaired) electrons. The highest BCUT2D eigenvalue weighted by Crippen LogP contribution is 2.38. The number of carbonyl (C=O) groups is 1. The van der Waals surface area contributed by atoms with Crippen LogP contribution in [0.2, 0.25) is 0 Å². The second-order valence-electron chi connectivity index (χ2n) is 5.51. The summed E-state index contributed by atoms with van der Waals surface area (Å²) in [6.45, 7) is -0.170. The monoisotopic (exact) mass is 448 g/mol. The fourth-order valence-electron chi connectivity index (χ4n) is 2.47. The van der Waals surface area contributed by atoms with Crippen molar-refractivity contribution in [1.82, 2.24) is 10.1 Å². The highest BCUT2D eigenvalue weighted by atomic mass is 79.9. The number of hydrogen-bond donors (Lipinski definition) is 0. The number of carbonyl (C=O) groups excluding carboxylic acids is 1. The number of esters is 1. The summed E-state index contributed by atoms with van der Waals surface area (Å²) in [5.41, 5.74) is 1.02. The highest BCUT2D eigenvalue weighted by molar-refractivity contribution is 9.10. The van der Waals surface area contributed by atoms with Gasteiger partial charge in [-0.2, -0.15) is 4.98 Å². The summed E-state index contributed by atoms with van der Waals surface area (Å²) in [6.07, 6.45) is 0. The van der Waals surface area contributed by atoms with Gasteiger partial charge < -0.3 is 23.5 Å². The number of rotatable bonds is 7. The Morgan fingerprint density at radius 3 is 2.39 bits per heavy atom. The van der Waals surface area contributed by atoms with Crippen LogP contribution < -0.4 is 14.2 Å². The molecule has 0 aliphatic rings. The molecule has 9 heteroatoms. The van der Waals surface area contributed by atoms with E-state index in [0.717, 1.165) is 10.0 Å². The average molecular weight is 449 g/mol. The molecule has 2 aromatic carbocycles. The maximum atomic E-state index is 12.4. The smallest absolute Gasteiger partial charge is 0.338 e. The van der Waals surface area contributed by atoms with E-state index in [1.54, 1.807) is 0 Å². The van der Waals surface area contributed by atoms with Gasteiger partial charge in [0.2, 0.25) is 11.6 Å². The molecule has 0 aliphatic heterocycles. The second-order valence-corrected chi connectivity index (χ2v) is 6.43. The molecule has 0 unspecified atom stereocenters. The number of hydrogen-bond acceptors (Lipinski definition) is 8. The standard InChI is InChI=1S/C19H17BrN2O6/c1-24-14-8-12(9-15(25-2)17(14)26-3)19(23)27-10-16-21-18(22-28-16)11-5-4-6-13(20)7-11/h4-9H,10H2,1-3H3. The number of aromatic nitrogens is 2. The van der Waals surface area contributed by atoms with Crippen LogP contribution in [-0.4, -0.2) is 37.4 Å². The first kappa shape index (κ1) is 19.7. The zero-order chi connectivity index (χ0) is 20.1. The number of benzene rings is 2. The molecule has 0 aliphatic carbocycles. The first-order valence-electron chi connectivity index (χ1n) is 8.11. The molecule has 28 heavy (non-hydrogen) atoms. The fourth-order valence-corrected chi connectivity index (χ4v) is 2.87. The summed E-state index contributed by atoms with van der Waals surface area (Å²) >= 11 is 3.39. The molecular formula is C19H17BrN2O6. The molecule has 1 aromatic heterocycles. The van der Waals surface area contributed by atoms with Crippen LogP contribution in [0.15, 0.2) is 45.4 Å². The van der Waals surface area contributed by atoms with Crippen molar-refractivity contribution in [1.29, 1.82) is 0 Å². The first-order valence-corrected chi connectivity index (χ1v) is 8.90. The van der Waals surface area contributed by atoms with Crippen molar-refractivity contribution >= 4 is 21.9 Å². The van der Waals surface area contributed by atoms with Gasteiger partial charge in [0.15, 0.2) is 18.1 Å². The molecule has 0 atom stereocenters. The van der Waals surface area contributed by atoms with Crippen LogP contribution >= 0.6 is 15.9 Å². The maximum Gasteiger partial charge on any atom is 0.338 e. The lowest BCUT2D eigenvalue weighted by molar-refractivity contribution is 0.0429. The van der Waals surface area contributed by atoms with Crippen LogP contribution in [0.25, 0.3) is 11.4 Å². The summed E-state index contributed by atoms with van der Waals surface area (Å²) in [4.78, 5) is 16.6. The lowest BCUT2D eigenvalue weighted by atomic mass is 10.2. The van der Waals surface area contributed by atoms with Gasteiger partial charge in [-0.25, -0.2) is 4.79 Å². The van der Waals surface area contributed by atoms with Crippen LogP contribution in [0.4, 0.5) is 0 Å². The Labute approximate surface area is 169 Å². The Balaban J connectivity index is 1.72. The van der Waals surface area contributed by atoms with Gasteiger partial charge in [-0.05, 0) is 24.3 Å². The number of methoxy groups -OCH3 is 3. The van der Waals surface area contributed by atoms with Crippen molar-refractivity contribution in [3.05, 3.63) is 52.3 Å². The zero-order valence-electron chi connectivity index (χ0n) is 15.4. The summed E-state index contributed by atoms with van der Waals surface area (Å²) in [6, 6.07) is 10.5. The van der Waals surface area contributed by atoms with E-state index in [1.165, 1.54) is 33.5 Å². The molecule has 0 saturated carbocycles. The van der Waals surface area contributed by atoms with E-state index < -0.39 is 5.97 Å². The molecule has 1 heterocycles. The van der Waals surface area contributed by atoms with Gasteiger partial charge in [0.1, 0.15) is 0 Å². The number of ether oxygens (including phenoxy) is 4. The molecule has 0 bridgehead atoms. The third kappa shape index (κ3) is 4.25. The molecule has 0 amide bonds. The molecule has 146 valence electrons. The Bertz CT molecular complexity index is 963. The van der Waals surface area contributed by atoms with Crippen molar-refractivity contribution in [2.75, 3.05) is 21.3 Å². The van der Waals surface area contributed by atoms with Gasteiger partial charge >= 0.3 is 5.97 Å². The molecule has 0 N–H and O–H groups in total.